The summed E-state index contributed by atoms with van der Waals surface area (Å²) in [5.41, 5.74) is 0. The molecule has 1 aliphatic carbocycles. The zero-order chi connectivity index (χ0) is 12.1. The number of nitrogens with zero attached hydrogens (tertiary/aromatic N) is 1. The molecule has 0 unspecified atom stereocenters. The Morgan fingerprint density at radius 2 is 2.06 bits per heavy atom. The lowest BCUT2D eigenvalue weighted by Crippen LogP contribution is -2.45. The van der Waals surface area contributed by atoms with Gasteiger partial charge in [-0.1, -0.05) is 0 Å². The van der Waals surface area contributed by atoms with Gasteiger partial charge in [-0.3, -0.25) is 4.79 Å². The summed E-state index contributed by atoms with van der Waals surface area (Å²) in [6, 6.07) is 0.00794. The van der Waals surface area contributed by atoms with Gasteiger partial charge in [0.05, 0.1) is 6.42 Å². The van der Waals surface area contributed by atoms with Gasteiger partial charge in [-0.05, 0) is 32.6 Å². The summed E-state index contributed by atoms with van der Waals surface area (Å²) in [7, 11) is 0. The van der Waals surface area contributed by atoms with Gasteiger partial charge in [-0.25, -0.2) is 4.79 Å². The Morgan fingerprint density at radius 1 is 1.44 bits per heavy atom. The minimum absolute atomic E-state index is 0.0267. The van der Waals surface area contributed by atoms with Crippen molar-refractivity contribution >= 4 is 12.0 Å². The molecule has 0 aromatic rings. The Kier molecular flexibility index (Phi) is 4.58. The molecule has 2 N–H and O–H groups in total. The molecule has 0 atom stereocenters. The van der Waals surface area contributed by atoms with Gasteiger partial charge in [-0.2, -0.15) is 0 Å². The van der Waals surface area contributed by atoms with Crippen molar-refractivity contribution in [1.82, 2.24) is 10.2 Å². The molecule has 0 spiro atoms. The van der Waals surface area contributed by atoms with Gasteiger partial charge in [0.25, 0.3) is 0 Å². The minimum atomic E-state index is -0.890. The fourth-order valence-corrected chi connectivity index (χ4v) is 1.48. The van der Waals surface area contributed by atoms with Crippen LogP contribution >= 0.6 is 0 Å². The Bertz CT molecular complexity index is 262. The van der Waals surface area contributed by atoms with Crippen molar-refractivity contribution in [2.75, 3.05) is 13.1 Å². The molecule has 5 nitrogen and oxygen atoms in total. The van der Waals surface area contributed by atoms with Crippen LogP contribution in [0.3, 0.4) is 0 Å². The largest absolute Gasteiger partial charge is 0.481 e. The van der Waals surface area contributed by atoms with Crippen molar-refractivity contribution in [3.05, 3.63) is 0 Å². The third-order valence-corrected chi connectivity index (χ3v) is 2.65. The predicted molar refractivity (Wildman–Crippen MR) is 60.2 cm³/mol. The van der Waals surface area contributed by atoms with Gasteiger partial charge in [0.1, 0.15) is 0 Å². The summed E-state index contributed by atoms with van der Waals surface area (Å²) in [5.74, 6) is -0.244. The van der Waals surface area contributed by atoms with Crippen LogP contribution in [0.5, 0.6) is 0 Å². The van der Waals surface area contributed by atoms with Crippen LogP contribution in [0, 0.1) is 5.92 Å². The first-order chi connectivity index (χ1) is 7.50. The maximum atomic E-state index is 11.8. The smallest absolute Gasteiger partial charge is 0.317 e. The molecule has 0 aromatic carbocycles. The monoisotopic (exact) mass is 228 g/mol. The number of hydrogen-bond donors (Lipinski definition) is 2. The van der Waals surface area contributed by atoms with E-state index in [0.29, 0.717) is 5.92 Å². The van der Waals surface area contributed by atoms with Crippen molar-refractivity contribution < 1.29 is 14.7 Å². The number of rotatable bonds is 6. The van der Waals surface area contributed by atoms with E-state index in [0.717, 1.165) is 6.54 Å². The van der Waals surface area contributed by atoms with Crippen LogP contribution in [0.15, 0.2) is 0 Å². The van der Waals surface area contributed by atoms with Gasteiger partial charge in [0.15, 0.2) is 0 Å². The average molecular weight is 228 g/mol. The van der Waals surface area contributed by atoms with Gasteiger partial charge >= 0.3 is 12.0 Å². The molecule has 0 aromatic heterocycles. The van der Waals surface area contributed by atoms with E-state index < -0.39 is 5.97 Å². The highest BCUT2D eigenvalue weighted by atomic mass is 16.4. The summed E-state index contributed by atoms with van der Waals surface area (Å²) in [6.45, 7) is 4.93. The third kappa shape index (κ3) is 4.51. The quantitative estimate of drug-likeness (QED) is 0.719. The van der Waals surface area contributed by atoms with Crippen molar-refractivity contribution in [3.8, 4) is 0 Å². The molecule has 16 heavy (non-hydrogen) atoms. The number of carboxylic acid groups (broad SMARTS) is 1. The molecular weight excluding hydrogens is 208 g/mol. The number of amides is 2. The average Bonchev–Trinajstić information content (AvgIpc) is 2.96. The summed E-state index contributed by atoms with van der Waals surface area (Å²) >= 11 is 0. The Morgan fingerprint density at radius 3 is 2.50 bits per heavy atom. The second-order valence-corrected chi connectivity index (χ2v) is 4.57. The highest BCUT2D eigenvalue weighted by molar-refractivity contribution is 5.75. The lowest BCUT2D eigenvalue weighted by Gasteiger charge is -2.26. The summed E-state index contributed by atoms with van der Waals surface area (Å²) in [5, 5.41) is 11.1. The van der Waals surface area contributed by atoms with E-state index in [1.54, 1.807) is 4.90 Å². The van der Waals surface area contributed by atoms with E-state index in [-0.39, 0.29) is 25.0 Å². The fourth-order valence-electron chi connectivity index (χ4n) is 1.48. The van der Waals surface area contributed by atoms with E-state index in [2.05, 4.69) is 5.32 Å². The highest BCUT2D eigenvalue weighted by Crippen LogP contribution is 2.30. The number of carbonyl (C=O) groups is 2. The van der Waals surface area contributed by atoms with Crippen LogP contribution in [0.1, 0.15) is 33.1 Å². The van der Waals surface area contributed by atoms with Crippen LogP contribution in [-0.4, -0.2) is 41.1 Å². The van der Waals surface area contributed by atoms with E-state index >= 15 is 0 Å². The highest BCUT2D eigenvalue weighted by Gasteiger charge is 2.27. The zero-order valence-electron chi connectivity index (χ0n) is 9.90. The second-order valence-electron chi connectivity index (χ2n) is 4.57. The number of urea groups is 1. The lowest BCUT2D eigenvalue weighted by atomic mass is 10.3. The number of hydrogen-bond acceptors (Lipinski definition) is 2. The normalized spacial score (nSPS) is 14.9. The predicted octanol–water partition coefficient (Wildman–Crippen LogP) is 1.29. The molecule has 0 bridgehead atoms. The standard InChI is InChI=1S/C11H20N2O3/c1-8(2)13(7-9-3-4-9)11(16)12-6-5-10(14)15/h8-9H,3-7H2,1-2H3,(H,12,16)(H,14,15). The first kappa shape index (κ1) is 12.8. The molecule has 2 amide bonds. The van der Waals surface area contributed by atoms with E-state index in [1.165, 1.54) is 12.8 Å². The van der Waals surface area contributed by atoms with Gasteiger partial charge in [0, 0.05) is 19.1 Å². The number of aliphatic carboxylic acids is 1. The number of carboxylic acids is 1. The molecule has 0 saturated heterocycles. The Labute approximate surface area is 95.8 Å². The van der Waals surface area contributed by atoms with Gasteiger partial charge in [0.2, 0.25) is 0 Å². The fraction of sp³-hybridized carbons (Fsp3) is 0.818. The first-order valence-corrected chi connectivity index (χ1v) is 5.77. The van der Waals surface area contributed by atoms with Crippen LogP contribution in [-0.2, 0) is 4.79 Å². The first-order valence-electron chi connectivity index (χ1n) is 5.77. The SMILES string of the molecule is CC(C)N(CC1CC1)C(=O)NCCC(=O)O. The molecule has 92 valence electrons. The molecule has 5 heteroatoms. The van der Waals surface area contributed by atoms with E-state index in [9.17, 15) is 9.59 Å². The van der Waals surface area contributed by atoms with E-state index in [1.807, 2.05) is 13.8 Å². The third-order valence-electron chi connectivity index (χ3n) is 2.65. The van der Waals surface area contributed by atoms with Crippen LogP contribution in [0.25, 0.3) is 0 Å². The maximum absolute atomic E-state index is 11.8. The Balaban J connectivity index is 2.31. The Hall–Kier alpha value is -1.26. The van der Waals surface area contributed by atoms with Crippen molar-refractivity contribution in [3.63, 3.8) is 0 Å². The van der Waals surface area contributed by atoms with Crippen LogP contribution in [0.2, 0.25) is 0 Å². The number of carbonyl (C=O) groups excluding carboxylic acids is 1. The molecular formula is C11H20N2O3. The molecule has 1 fully saturated rings. The molecule has 0 radical (unpaired) electrons. The van der Waals surface area contributed by atoms with Crippen LogP contribution < -0.4 is 5.32 Å². The summed E-state index contributed by atoms with van der Waals surface area (Å²) in [6.07, 6.45) is 2.37. The molecule has 1 rings (SSSR count). The number of nitrogens with one attached hydrogen (secondary N) is 1. The topological polar surface area (TPSA) is 69.6 Å². The second kappa shape index (κ2) is 5.72. The minimum Gasteiger partial charge on any atom is -0.481 e. The summed E-state index contributed by atoms with van der Waals surface area (Å²) < 4.78 is 0. The van der Waals surface area contributed by atoms with Crippen molar-refractivity contribution in [2.45, 2.75) is 39.2 Å². The molecule has 0 aliphatic heterocycles. The molecule has 1 aliphatic rings. The zero-order valence-corrected chi connectivity index (χ0v) is 9.90. The van der Waals surface area contributed by atoms with E-state index in [4.69, 9.17) is 5.11 Å². The summed E-state index contributed by atoms with van der Waals surface area (Å²) in [4.78, 5) is 23.8. The maximum Gasteiger partial charge on any atom is 0.317 e. The molecule has 1 saturated carbocycles. The molecule has 0 heterocycles. The van der Waals surface area contributed by atoms with Crippen LogP contribution in [0.4, 0.5) is 4.79 Å². The van der Waals surface area contributed by atoms with Gasteiger partial charge < -0.3 is 15.3 Å². The van der Waals surface area contributed by atoms with Gasteiger partial charge in [-0.15, -0.1) is 0 Å². The van der Waals surface area contributed by atoms with Crippen molar-refractivity contribution in [2.24, 2.45) is 5.92 Å². The lowest BCUT2D eigenvalue weighted by molar-refractivity contribution is -0.136. The van der Waals surface area contributed by atoms with Crippen molar-refractivity contribution in [1.29, 1.82) is 0 Å².